The number of hydrogen-bond acceptors (Lipinski definition) is 4. The van der Waals surface area contributed by atoms with E-state index in [-0.39, 0.29) is 6.10 Å². The normalized spacial score (nSPS) is 20.0. The van der Waals surface area contributed by atoms with Crippen LogP contribution in [0.1, 0.15) is 31.7 Å². The molecule has 0 bridgehead atoms. The summed E-state index contributed by atoms with van der Waals surface area (Å²) in [5.41, 5.74) is 1.10. The lowest BCUT2D eigenvalue weighted by Gasteiger charge is -2.23. The largest absolute Gasteiger partial charge is 0.423 e. The number of ether oxygens (including phenoxy) is 3. The molecule has 4 nitrogen and oxygen atoms in total. The van der Waals surface area contributed by atoms with E-state index in [0.29, 0.717) is 12.4 Å². The average molecular weight is 357 g/mol. The molecule has 0 amide bonds. The summed E-state index contributed by atoms with van der Waals surface area (Å²) in [5.74, 6) is 0.116. The minimum Gasteiger partial charge on any atom is -0.423 e. The van der Waals surface area contributed by atoms with E-state index in [1.807, 2.05) is 19.1 Å². The van der Waals surface area contributed by atoms with Crippen LogP contribution in [0.2, 0.25) is 0 Å². The molecule has 2 rings (SSSR count). The van der Waals surface area contributed by atoms with Crippen molar-refractivity contribution in [1.82, 2.24) is 0 Å². The van der Waals surface area contributed by atoms with E-state index >= 15 is 0 Å². The molecule has 1 aliphatic heterocycles. The van der Waals surface area contributed by atoms with Gasteiger partial charge < -0.3 is 14.2 Å². The zero-order valence-corrected chi connectivity index (χ0v) is 14.0. The summed E-state index contributed by atoms with van der Waals surface area (Å²) < 4.78 is 17.3. The number of hydrogen-bond donors (Lipinski definition) is 0. The van der Waals surface area contributed by atoms with Crippen molar-refractivity contribution in [1.29, 1.82) is 0 Å². The Bertz CT molecular complexity index is 483. The average Bonchev–Trinajstić information content (AvgIpc) is 2.48. The summed E-state index contributed by atoms with van der Waals surface area (Å²) in [6.07, 6.45) is 2.74. The molecule has 5 heteroatoms. The lowest BCUT2D eigenvalue weighted by atomic mass is 10.1. The van der Waals surface area contributed by atoms with E-state index < -0.39 is 12.1 Å². The van der Waals surface area contributed by atoms with Gasteiger partial charge in [-0.1, -0.05) is 6.07 Å². The van der Waals surface area contributed by atoms with Crippen LogP contribution in [-0.4, -0.2) is 31.4 Å². The Hall–Kier alpha value is -0.910. The van der Waals surface area contributed by atoms with Crippen LogP contribution in [0.15, 0.2) is 22.7 Å². The standard InChI is InChI=1S/C16H21BrO4/c1-11-6-7-15(14(17)9-11)21-16(18)12(2)20-10-13-5-3-4-8-19-13/h6-7,9,12-13H,3-5,8,10H2,1-2H3. The fourth-order valence-electron chi connectivity index (χ4n) is 2.14. The molecule has 1 aromatic rings. The molecular formula is C16H21BrO4. The highest BCUT2D eigenvalue weighted by molar-refractivity contribution is 9.10. The second-order valence-electron chi connectivity index (χ2n) is 5.32. The Kier molecular flexibility index (Phi) is 6.21. The van der Waals surface area contributed by atoms with Gasteiger partial charge in [0.25, 0.3) is 0 Å². The highest BCUT2D eigenvalue weighted by atomic mass is 79.9. The number of carbonyl (C=O) groups is 1. The van der Waals surface area contributed by atoms with Crippen LogP contribution in [0.3, 0.4) is 0 Å². The molecule has 1 saturated heterocycles. The molecule has 1 aromatic carbocycles. The topological polar surface area (TPSA) is 44.8 Å². The van der Waals surface area contributed by atoms with Crippen molar-refractivity contribution < 1.29 is 19.0 Å². The molecule has 2 unspecified atom stereocenters. The summed E-state index contributed by atoms with van der Waals surface area (Å²) in [4.78, 5) is 12.0. The SMILES string of the molecule is Cc1ccc(OC(=O)C(C)OCC2CCCCO2)c(Br)c1. The molecule has 0 radical (unpaired) electrons. The van der Waals surface area contributed by atoms with E-state index in [4.69, 9.17) is 14.2 Å². The van der Waals surface area contributed by atoms with E-state index in [1.165, 1.54) is 0 Å². The third-order valence-electron chi connectivity index (χ3n) is 3.44. The van der Waals surface area contributed by atoms with Crippen molar-refractivity contribution in [2.45, 2.75) is 45.3 Å². The van der Waals surface area contributed by atoms with Crippen molar-refractivity contribution in [3.05, 3.63) is 28.2 Å². The second kappa shape index (κ2) is 7.92. The lowest BCUT2D eigenvalue weighted by molar-refractivity contribution is -0.149. The summed E-state index contributed by atoms with van der Waals surface area (Å²) in [6, 6.07) is 5.58. The molecule has 21 heavy (non-hydrogen) atoms. The van der Waals surface area contributed by atoms with Gasteiger partial charge >= 0.3 is 5.97 Å². The van der Waals surface area contributed by atoms with Crippen molar-refractivity contribution >= 4 is 21.9 Å². The summed E-state index contributed by atoms with van der Waals surface area (Å²) >= 11 is 3.39. The van der Waals surface area contributed by atoms with Gasteiger partial charge in [-0.3, -0.25) is 0 Å². The van der Waals surface area contributed by atoms with Gasteiger partial charge in [-0.05, 0) is 66.7 Å². The predicted octanol–water partition coefficient (Wildman–Crippen LogP) is 3.64. The fraction of sp³-hybridized carbons (Fsp3) is 0.562. The molecule has 1 aliphatic rings. The zero-order chi connectivity index (χ0) is 15.2. The number of rotatable bonds is 5. The molecule has 1 heterocycles. The Morgan fingerprint density at radius 2 is 2.29 bits per heavy atom. The van der Waals surface area contributed by atoms with Gasteiger partial charge in [0, 0.05) is 6.61 Å². The Labute approximate surface area is 133 Å². The molecule has 0 N–H and O–H groups in total. The van der Waals surface area contributed by atoms with E-state index in [2.05, 4.69) is 15.9 Å². The van der Waals surface area contributed by atoms with Crippen molar-refractivity contribution in [2.75, 3.05) is 13.2 Å². The zero-order valence-electron chi connectivity index (χ0n) is 12.4. The number of carbonyl (C=O) groups excluding carboxylic acids is 1. The van der Waals surface area contributed by atoms with Gasteiger partial charge in [0.15, 0.2) is 6.10 Å². The maximum Gasteiger partial charge on any atom is 0.340 e. The Morgan fingerprint density at radius 1 is 1.48 bits per heavy atom. The summed E-state index contributed by atoms with van der Waals surface area (Å²) in [6.45, 7) is 4.90. The van der Waals surface area contributed by atoms with Crippen molar-refractivity contribution in [3.8, 4) is 5.75 Å². The monoisotopic (exact) mass is 356 g/mol. The number of esters is 1. The third-order valence-corrected chi connectivity index (χ3v) is 4.06. The van der Waals surface area contributed by atoms with Gasteiger partial charge in [-0.25, -0.2) is 4.79 Å². The number of halogens is 1. The molecule has 0 spiro atoms. The quantitative estimate of drug-likeness (QED) is 0.596. The van der Waals surface area contributed by atoms with Crippen molar-refractivity contribution in [3.63, 3.8) is 0 Å². The highest BCUT2D eigenvalue weighted by Gasteiger charge is 2.21. The first-order chi connectivity index (χ1) is 10.1. The molecule has 0 aliphatic carbocycles. The van der Waals surface area contributed by atoms with Crippen LogP contribution in [0.25, 0.3) is 0 Å². The van der Waals surface area contributed by atoms with Crippen LogP contribution in [0, 0.1) is 6.92 Å². The molecule has 116 valence electrons. The fourth-order valence-corrected chi connectivity index (χ4v) is 2.71. The first kappa shape index (κ1) is 16.5. The third kappa shape index (κ3) is 5.09. The molecule has 1 fully saturated rings. The van der Waals surface area contributed by atoms with Crippen LogP contribution >= 0.6 is 15.9 Å². The smallest absolute Gasteiger partial charge is 0.340 e. The summed E-state index contributed by atoms with van der Waals surface area (Å²) in [7, 11) is 0. The van der Waals surface area contributed by atoms with Crippen LogP contribution in [-0.2, 0) is 14.3 Å². The maximum absolute atomic E-state index is 12.0. The molecule has 0 saturated carbocycles. The van der Waals surface area contributed by atoms with Gasteiger partial charge in [0.2, 0.25) is 0 Å². The lowest BCUT2D eigenvalue weighted by Crippen LogP contribution is -2.31. The minimum absolute atomic E-state index is 0.0973. The van der Waals surface area contributed by atoms with Gasteiger partial charge in [-0.15, -0.1) is 0 Å². The minimum atomic E-state index is -0.608. The molecule has 2 atom stereocenters. The Morgan fingerprint density at radius 3 is 2.95 bits per heavy atom. The number of aryl methyl sites for hydroxylation is 1. The number of benzene rings is 1. The highest BCUT2D eigenvalue weighted by Crippen LogP contribution is 2.26. The second-order valence-corrected chi connectivity index (χ2v) is 6.17. The van der Waals surface area contributed by atoms with Crippen molar-refractivity contribution in [2.24, 2.45) is 0 Å². The van der Waals surface area contributed by atoms with Crippen LogP contribution in [0.4, 0.5) is 0 Å². The van der Waals surface area contributed by atoms with E-state index in [0.717, 1.165) is 35.9 Å². The Balaban J connectivity index is 1.81. The van der Waals surface area contributed by atoms with Crippen LogP contribution < -0.4 is 4.74 Å². The first-order valence-corrected chi connectivity index (χ1v) is 8.06. The van der Waals surface area contributed by atoms with Crippen LogP contribution in [0.5, 0.6) is 5.75 Å². The van der Waals surface area contributed by atoms with E-state index in [9.17, 15) is 4.79 Å². The molecule has 0 aromatic heterocycles. The van der Waals surface area contributed by atoms with Gasteiger partial charge in [0.05, 0.1) is 17.2 Å². The maximum atomic E-state index is 12.0. The van der Waals surface area contributed by atoms with Gasteiger partial charge in [-0.2, -0.15) is 0 Å². The first-order valence-electron chi connectivity index (χ1n) is 7.27. The van der Waals surface area contributed by atoms with Gasteiger partial charge in [0.1, 0.15) is 5.75 Å². The molecular weight excluding hydrogens is 336 g/mol. The predicted molar refractivity (Wildman–Crippen MR) is 83.5 cm³/mol. The summed E-state index contributed by atoms with van der Waals surface area (Å²) in [5, 5.41) is 0. The van der Waals surface area contributed by atoms with E-state index in [1.54, 1.807) is 13.0 Å².